The van der Waals surface area contributed by atoms with E-state index in [1.54, 1.807) is 0 Å². The van der Waals surface area contributed by atoms with Crippen LogP contribution in [0.25, 0.3) is 0 Å². The van der Waals surface area contributed by atoms with Gasteiger partial charge in [0.25, 0.3) is 0 Å². The van der Waals surface area contributed by atoms with Crippen molar-refractivity contribution in [1.82, 2.24) is 0 Å². The third-order valence-electron chi connectivity index (χ3n) is 5.47. The summed E-state index contributed by atoms with van der Waals surface area (Å²) in [4.78, 5) is 0. The van der Waals surface area contributed by atoms with Gasteiger partial charge in [0, 0.05) is 6.61 Å². The monoisotopic (exact) mass is 400 g/mol. The van der Waals surface area contributed by atoms with Crippen molar-refractivity contribution >= 4 is 0 Å². The van der Waals surface area contributed by atoms with E-state index in [4.69, 9.17) is 9.47 Å². The average Bonchev–Trinajstić information content (AvgIpc) is 3.03. The van der Waals surface area contributed by atoms with Gasteiger partial charge < -0.3 is 24.8 Å². The van der Waals surface area contributed by atoms with Gasteiger partial charge in [-0.05, 0) is 25.7 Å². The third kappa shape index (κ3) is 11.5. The Bertz CT molecular complexity index is 374. The summed E-state index contributed by atoms with van der Waals surface area (Å²) in [5.41, 5.74) is 0. The van der Waals surface area contributed by atoms with Crippen molar-refractivity contribution in [2.24, 2.45) is 0 Å². The second kappa shape index (κ2) is 17.4. The minimum absolute atomic E-state index is 0.0986. The number of hydrogen-bond acceptors (Lipinski definition) is 5. The van der Waals surface area contributed by atoms with Gasteiger partial charge in [-0.2, -0.15) is 0 Å². The Kier molecular flexibility index (Phi) is 15.9. The van der Waals surface area contributed by atoms with Gasteiger partial charge in [-0.15, -0.1) is 0 Å². The molecule has 0 aromatic heterocycles. The fourth-order valence-electron chi connectivity index (χ4n) is 3.60. The molecule has 1 heterocycles. The summed E-state index contributed by atoms with van der Waals surface area (Å²) in [5, 5.41) is 28.7. The Balaban J connectivity index is 1.85. The summed E-state index contributed by atoms with van der Waals surface area (Å²) in [6, 6.07) is 0. The number of ether oxygens (including phenoxy) is 2. The smallest absolute Gasteiger partial charge is 0.114 e. The zero-order valence-electron chi connectivity index (χ0n) is 17.9. The molecule has 3 N–H and O–H groups in total. The molecule has 0 radical (unpaired) electrons. The zero-order valence-corrected chi connectivity index (χ0v) is 17.9. The van der Waals surface area contributed by atoms with Gasteiger partial charge in [0.15, 0.2) is 0 Å². The highest BCUT2D eigenvalue weighted by atomic mass is 16.6. The molecule has 1 aliphatic rings. The van der Waals surface area contributed by atoms with Gasteiger partial charge in [0.1, 0.15) is 24.4 Å². The molecule has 5 heteroatoms. The molecule has 1 fully saturated rings. The normalized spacial score (nSPS) is 23.6. The van der Waals surface area contributed by atoms with E-state index in [0.717, 1.165) is 12.8 Å². The maximum Gasteiger partial charge on any atom is 0.114 e. The number of rotatable bonds is 18. The maximum absolute atomic E-state index is 9.82. The SMILES string of the molecule is CCCC/C=C/CCCCCCCCCCCO[C@@H](CO)[C@@H]1OC[C@@H](O)[C@@H]1O. The first-order chi connectivity index (χ1) is 13.7. The molecule has 0 amide bonds. The number of aliphatic hydroxyl groups is 3. The Morgan fingerprint density at radius 2 is 1.46 bits per heavy atom. The lowest BCUT2D eigenvalue weighted by molar-refractivity contribution is -0.101. The fraction of sp³-hybridized carbons (Fsp3) is 0.913. The molecule has 1 aliphatic heterocycles. The minimum Gasteiger partial charge on any atom is -0.394 e. The van der Waals surface area contributed by atoms with E-state index in [9.17, 15) is 15.3 Å². The molecule has 5 nitrogen and oxygen atoms in total. The van der Waals surface area contributed by atoms with Gasteiger partial charge in [-0.1, -0.05) is 76.9 Å². The van der Waals surface area contributed by atoms with Crippen LogP contribution in [0.5, 0.6) is 0 Å². The predicted octanol–water partition coefficient (Wildman–Crippen LogP) is 4.13. The molecule has 0 aromatic rings. The van der Waals surface area contributed by atoms with Gasteiger partial charge in [-0.25, -0.2) is 0 Å². The summed E-state index contributed by atoms with van der Waals surface area (Å²) >= 11 is 0. The molecule has 1 saturated heterocycles. The second-order valence-corrected chi connectivity index (χ2v) is 8.03. The van der Waals surface area contributed by atoms with E-state index < -0.39 is 24.4 Å². The number of aliphatic hydroxyl groups excluding tert-OH is 3. The molecule has 0 aliphatic carbocycles. The summed E-state index contributed by atoms with van der Waals surface area (Å²) < 4.78 is 11.0. The molecule has 28 heavy (non-hydrogen) atoms. The van der Waals surface area contributed by atoms with Crippen molar-refractivity contribution in [1.29, 1.82) is 0 Å². The second-order valence-electron chi connectivity index (χ2n) is 8.03. The van der Waals surface area contributed by atoms with Crippen molar-refractivity contribution in [2.75, 3.05) is 19.8 Å². The van der Waals surface area contributed by atoms with Crippen LogP contribution >= 0.6 is 0 Å². The molecule has 0 spiro atoms. The first-order valence-electron chi connectivity index (χ1n) is 11.6. The fourth-order valence-corrected chi connectivity index (χ4v) is 3.60. The van der Waals surface area contributed by atoms with Gasteiger partial charge in [-0.3, -0.25) is 0 Å². The van der Waals surface area contributed by atoms with E-state index in [1.807, 2.05) is 0 Å². The first kappa shape index (κ1) is 25.6. The van der Waals surface area contributed by atoms with Crippen LogP contribution in [0.15, 0.2) is 12.2 Å². The lowest BCUT2D eigenvalue weighted by Crippen LogP contribution is -2.42. The summed E-state index contributed by atoms with van der Waals surface area (Å²) in [6.45, 7) is 2.68. The molecular weight excluding hydrogens is 356 g/mol. The molecule has 0 unspecified atom stereocenters. The van der Waals surface area contributed by atoms with E-state index in [2.05, 4.69) is 19.1 Å². The van der Waals surface area contributed by atoms with Crippen molar-refractivity contribution < 1.29 is 24.8 Å². The third-order valence-corrected chi connectivity index (χ3v) is 5.47. The molecule has 4 atom stereocenters. The Morgan fingerprint density at radius 1 is 0.893 bits per heavy atom. The molecule has 1 rings (SSSR count). The minimum atomic E-state index is -0.978. The Labute approximate surface area is 172 Å². The van der Waals surface area contributed by atoms with Crippen LogP contribution in [0, 0.1) is 0 Å². The number of allylic oxidation sites excluding steroid dienone is 2. The maximum atomic E-state index is 9.82. The van der Waals surface area contributed by atoms with Crippen molar-refractivity contribution in [3.63, 3.8) is 0 Å². The summed E-state index contributed by atoms with van der Waals surface area (Å²) in [6.07, 6.45) is 17.9. The van der Waals surface area contributed by atoms with Crippen molar-refractivity contribution in [2.45, 2.75) is 115 Å². The van der Waals surface area contributed by atoms with Gasteiger partial charge in [0.2, 0.25) is 0 Å². The number of unbranched alkanes of at least 4 members (excludes halogenated alkanes) is 11. The highest BCUT2D eigenvalue weighted by Gasteiger charge is 2.40. The molecule has 0 aromatic carbocycles. The van der Waals surface area contributed by atoms with E-state index >= 15 is 0 Å². The lowest BCUT2D eigenvalue weighted by Gasteiger charge is -2.24. The topological polar surface area (TPSA) is 79.2 Å². The van der Waals surface area contributed by atoms with Crippen molar-refractivity contribution in [3.8, 4) is 0 Å². The standard InChI is InChI=1S/C23H44O5/c1-2-3-4-5-6-7-8-9-10-11-12-13-14-15-16-17-27-21(18-24)23-22(26)20(25)19-28-23/h5-6,20-26H,2-4,7-19H2,1H3/b6-5+/t20-,21+,22+,23+/m1/s1. The van der Waals surface area contributed by atoms with Crippen LogP contribution in [0.1, 0.15) is 90.4 Å². The highest BCUT2D eigenvalue weighted by molar-refractivity contribution is 4.88. The van der Waals surface area contributed by atoms with E-state index in [0.29, 0.717) is 6.61 Å². The number of hydrogen-bond donors (Lipinski definition) is 3. The van der Waals surface area contributed by atoms with Crippen LogP contribution in [0.3, 0.4) is 0 Å². The summed E-state index contributed by atoms with van der Waals surface area (Å²) in [7, 11) is 0. The van der Waals surface area contributed by atoms with Crippen LogP contribution in [-0.4, -0.2) is 59.6 Å². The first-order valence-corrected chi connectivity index (χ1v) is 11.6. The van der Waals surface area contributed by atoms with Crippen LogP contribution in [-0.2, 0) is 9.47 Å². The van der Waals surface area contributed by atoms with Gasteiger partial charge in [0.05, 0.1) is 13.2 Å². The zero-order chi connectivity index (χ0) is 20.5. The average molecular weight is 401 g/mol. The molecule has 166 valence electrons. The largest absolute Gasteiger partial charge is 0.394 e. The lowest BCUT2D eigenvalue weighted by atomic mass is 10.1. The van der Waals surface area contributed by atoms with Crippen LogP contribution in [0.4, 0.5) is 0 Å². The molecule has 0 saturated carbocycles. The van der Waals surface area contributed by atoms with Gasteiger partial charge >= 0.3 is 0 Å². The van der Waals surface area contributed by atoms with Crippen LogP contribution < -0.4 is 0 Å². The van der Waals surface area contributed by atoms with Crippen molar-refractivity contribution in [3.05, 3.63) is 12.2 Å². The van der Waals surface area contributed by atoms with E-state index in [-0.39, 0.29) is 13.2 Å². The predicted molar refractivity (Wildman–Crippen MR) is 113 cm³/mol. The quantitative estimate of drug-likeness (QED) is 0.238. The molecule has 0 bridgehead atoms. The summed E-state index contributed by atoms with van der Waals surface area (Å²) in [5.74, 6) is 0. The van der Waals surface area contributed by atoms with Crippen LogP contribution in [0.2, 0.25) is 0 Å². The van der Waals surface area contributed by atoms with E-state index in [1.165, 1.54) is 70.6 Å². The highest BCUT2D eigenvalue weighted by Crippen LogP contribution is 2.20. The molecular formula is C23H44O5. The Hall–Kier alpha value is -0.460. The Morgan fingerprint density at radius 3 is 2.00 bits per heavy atom.